The molecule has 0 radical (unpaired) electrons. The van der Waals surface area contributed by atoms with E-state index in [1.165, 1.54) is 6.33 Å². The zero-order valence-electron chi connectivity index (χ0n) is 16.5. The lowest BCUT2D eigenvalue weighted by atomic mass is 10.1. The standard InChI is InChI=1S/C20H21N7O4/c21-17(28)4-2-13(27-18-8-14(25-10-26-18)19-22-5-6-23-19)20(29)24-9-12-1-3-15-16(7-12)31-11-30-15/h1,3,5-8,10,13H,2,4,9,11H2,(H2,21,28)(H,22,23)(H,24,29)(H,25,26,27). The van der Waals surface area contributed by atoms with Gasteiger partial charge in [-0.1, -0.05) is 6.07 Å². The molecule has 1 aliphatic rings. The molecule has 1 atom stereocenters. The molecule has 0 aliphatic carbocycles. The summed E-state index contributed by atoms with van der Waals surface area (Å²) in [6, 6.07) is 6.40. The van der Waals surface area contributed by atoms with Gasteiger partial charge < -0.3 is 30.8 Å². The molecule has 11 nitrogen and oxygen atoms in total. The molecule has 1 aromatic carbocycles. The van der Waals surface area contributed by atoms with Gasteiger partial charge >= 0.3 is 0 Å². The number of rotatable bonds is 9. The fourth-order valence-electron chi connectivity index (χ4n) is 3.07. The van der Waals surface area contributed by atoms with Crippen LogP contribution in [0.25, 0.3) is 11.5 Å². The van der Waals surface area contributed by atoms with E-state index in [0.29, 0.717) is 28.8 Å². The lowest BCUT2D eigenvalue weighted by molar-refractivity contribution is -0.122. The first-order chi connectivity index (χ1) is 15.1. The van der Waals surface area contributed by atoms with Crippen molar-refractivity contribution in [1.29, 1.82) is 0 Å². The van der Waals surface area contributed by atoms with Crippen molar-refractivity contribution in [2.75, 3.05) is 12.1 Å². The summed E-state index contributed by atoms with van der Waals surface area (Å²) in [7, 11) is 0. The lowest BCUT2D eigenvalue weighted by Gasteiger charge is -2.19. The zero-order valence-corrected chi connectivity index (χ0v) is 16.5. The molecule has 160 valence electrons. The highest BCUT2D eigenvalue weighted by atomic mass is 16.7. The molecule has 11 heteroatoms. The Kier molecular flexibility index (Phi) is 5.92. The lowest BCUT2D eigenvalue weighted by Crippen LogP contribution is -2.40. The number of nitrogens with one attached hydrogen (secondary N) is 3. The van der Waals surface area contributed by atoms with Gasteiger partial charge in [0.15, 0.2) is 17.3 Å². The molecule has 0 bridgehead atoms. The van der Waals surface area contributed by atoms with Gasteiger partial charge in [0.25, 0.3) is 0 Å². The molecule has 0 saturated carbocycles. The Labute approximate surface area is 177 Å². The average Bonchev–Trinajstić information content (AvgIpc) is 3.46. The van der Waals surface area contributed by atoms with Crippen LogP contribution in [-0.2, 0) is 16.1 Å². The third-order valence-electron chi connectivity index (χ3n) is 4.63. The minimum atomic E-state index is -0.721. The van der Waals surface area contributed by atoms with Crippen molar-refractivity contribution in [3.05, 3.63) is 48.5 Å². The van der Waals surface area contributed by atoms with Crippen LogP contribution in [0.5, 0.6) is 11.5 Å². The average molecular weight is 423 g/mol. The fourth-order valence-corrected chi connectivity index (χ4v) is 3.07. The highest BCUT2D eigenvalue weighted by molar-refractivity contribution is 5.85. The molecule has 1 aliphatic heterocycles. The van der Waals surface area contributed by atoms with E-state index >= 15 is 0 Å². The quantitative estimate of drug-likeness (QED) is 0.396. The first-order valence-electron chi connectivity index (χ1n) is 9.61. The van der Waals surface area contributed by atoms with Crippen molar-refractivity contribution < 1.29 is 19.1 Å². The van der Waals surface area contributed by atoms with Crippen molar-refractivity contribution in [2.24, 2.45) is 5.73 Å². The van der Waals surface area contributed by atoms with E-state index in [0.717, 1.165) is 5.56 Å². The number of anilines is 1. The molecule has 31 heavy (non-hydrogen) atoms. The molecule has 2 aromatic heterocycles. The van der Waals surface area contributed by atoms with Crippen molar-refractivity contribution in [3.63, 3.8) is 0 Å². The number of imidazole rings is 1. The van der Waals surface area contributed by atoms with Gasteiger partial charge in [-0.2, -0.15) is 0 Å². The van der Waals surface area contributed by atoms with Gasteiger partial charge in [-0.05, 0) is 24.1 Å². The van der Waals surface area contributed by atoms with E-state index in [9.17, 15) is 9.59 Å². The Morgan fingerprint density at radius 2 is 2.03 bits per heavy atom. The summed E-state index contributed by atoms with van der Waals surface area (Å²) < 4.78 is 10.7. The number of ether oxygens (including phenoxy) is 2. The number of aromatic nitrogens is 4. The van der Waals surface area contributed by atoms with Gasteiger partial charge in [0, 0.05) is 31.4 Å². The second-order valence-corrected chi connectivity index (χ2v) is 6.83. The number of nitrogens with two attached hydrogens (primary N) is 1. The smallest absolute Gasteiger partial charge is 0.242 e. The van der Waals surface area contributed by atoms with Gasteiger partial charge in [-0.25, -0.2) is 15.0 Å². The number of hydrogen-bond acceptors (Lipinski definition) is 8. The van der Waals surface area contributed by atoms with Gasteiger partial charge in [0.2, 0.25) is 18.6 Å². The zero-order chi connectivity index (χ0) is 21.6. The molecule has 4 rings (SSSR count). The van der Waals surface area contributed by atoms with Crippen molar-refractivity contribution in [1.82, 2.24) is 25.3 Å². The van der Waals surface area contributed by atoms with Crippen LogP contribution in [0.15, 0.2) is 43.0 Å². The SMILES string of the molecule is NC(=O)CCC(Nc1cc(-c2ncc[nH]2)ncn1)C(=O)NCc1ccc2c(c1)OCO2. The van der Waals surface area contributed by atoms with Gasteiger partial charge in [-0.3, -0.25) is 9.59 Å². The van der Waals surface area contributed by atoms with Crippen molar-refractivity contribution in [2.45, 2.75) is 25.4 Å². The van der Waals surface area contributed by atoms with E-state index < -0.39 is 11.9 Å². The molecule has 0 saturated heterocycles. The topological polar surface area (TPSA) is 157 Å². The Morgan fingerprint density at radius 1 is 1.16 bits per heavy atom. The number of H-pyrrole nitrogens is 1. The molecule has 1 unspecified atom stereocenters. The van der Waals surface area contributed by atoms with Gasteiger partial charge in [0.1, 0.15) is 23.9 Å². The van der Waals surface area contributed by atoms with Crippen LogP contribution in [0, 0.1) is 0 Å². The maximum atomic E-state index is 12.8. The second kappa shape index (κ2) is 9.11. The van der Waals surface area contributed by atoms with E-state index in [1.807, 2.05) is 12.1 Å². The summed E-state index contributed by atoms with van der Waals surface area (Å²) in [5.41, 5.74) is 6.70. The Bertz CT molecular complexity index is 1070. The summed E-state index contributed by atoms with van der Waals surface area (Å²) in [4.78, 5) is 39.6. The highest BCUT2D eigenvalue weighted by Gasteiger charge is 2.21. The van der Waals surface area contributed by atoms with Crippen LogP contribution in [0.2, 0.25) is 0 Å². The Morgan fingerprint density at radius 3 is 2.84 bits per heavy atom. The van der Waals surface area contributed by atoms with Crippen LogP contribution in [0.1, 0.15) is 18.4 Å². The number of fused-ring (bicyclic) bond motifs is 1. The summed E-state index contributed by atoms with van der Waals surface area (Å²) >= 11 is 0. The summed E-state index contributed by atoms with van der Waals surface area (Å²) in [5.74, 6) is 1.53. The number of primary amides is 1. The van der Waals surface area contributed by atoms with Crippen LogP contribution in [-0.4, -0.2) is 44.6 Å². The minimum absolute atomic E-state index is 0.0469. The number of carbonyl (C=O) groups is 2. The molecular formula is C20H21N7O4. The predicted octanol–water partition coefficient (Wildman–Crippen LogP) is 0.958. The third-order valence-corrected chi connectivity index (χ3v) is 4.63. The third kappa shape index (κ3) is 5.07. The maximum absolute atomic E-state index is 12.8. The molecule has 5 N–H and O–H groups in total. The van der Waals surface area contributed by atoms with Crippen LogP contribution in [0.4, 0.5) is 5.82 Å². The fraction of sp³-hybridized carbons (Fsp3) is 0.250. The number of hydrogen-bond donors (Lipinski definition) is 4. The first-order valence-corrected chi connectivity index (χ1v) is 9.61. The van der Waals surface area contributed by atoms with E-state index in [4.69, 9.17) is 15.2 Å². The van der Waals surface area contributed by atoms with Crippen LogP contribution < -0.4 is 25.8 Å². The Hall–Kier alpha value is -4.15. The second-order valence-electron chi connectivity index (χ2n) is 6.83. The molecule has 3 aromatic rings. The first kappa shape index (κ1) is 20.1. The van der Waals surface area contributed by atoms with E-state index in [-0.39, 0.29) is 32.1 Å². The number of benzene rings is 1. The maximum Gasteiger partial charge on any atom is 0.242 e. The molecule has 0 spiro atoms. The van der Waals surface area contributed by atoms with Crippen molar-refractivity contribution >= 4 is 17.6 Å². The van der Waals surface area contributed by atoms with Crippen LogP contribution in [0.3, 0.4) is 0 Å². The molecule has 2 amide bonds. The largest absolute Gasteiger partial charge is 0.454 e. The van der Waals surface area contributed by atoms with E-state index in [1.54, 1.807) is 24.5 Å². The van der Waals surface area contributed by atoms with Crippen molar-refractivity contribution in [3.8, 4) is 23.0 Å². The normalized spacial score (nSPS) is 12.9. The minimum Gasteiger partial charge on any atom is -0.454 e. The number of carbonyl (C=O) groups excluding carboxylic acids is 2. The molecule has 3 heterocycles. The number of aromatic amines is 1. The summed E-state index contributed by atoms with van der Waals surface area (Å²) in [5, 5.41) is 5.92. The summed E-state index contributed by atoms with van der Waals surface area (Å²) in [6.45, 7) is 0.467. The van der Waals surface area contributed by atoms with Crippen LogP contribution >= 0.6 is 0 Å². The number of amides is 2. The van der Waals surface area contributed by atoms with Gasteiger partial charge in [-0.15, -0.1) is 0 Å². The molecular weight excluding hydrogens is 402 g/mol. The monoisotopic (exact) mass is 423 g/mol. The number of nitrogens with zero attached hydrogens (tertiary/aromatic N) is 3. The molecule has 0 fully saturated rings. The highest BCUT2D eigenvalue weighted by Crippen LogP contribution is 2.32. The Balaban J connectivity index is 1.43. The summed E-state index contributed by atoms with van der Waals surface area (Å²) in [6.07, 6.45) is 4.93. The predicted molar refractivity (Wildman–Crippen MR) is 110 cm³/mol. The van der Waals surface area contributed by atoms with E-state index in [2.05, 4.69) is 30.6 Å². The van der Waals surface area contributed by atoms with Gasteiger partial charge in [0.05, 0.1) is 0 Å².